The molecule has 1 aromatic carbocycles. The first-order valence-electron chi connectivity index (χ1n) is 6.76. The monoisotopic (exact) mass is 257 g/mol. The molecule has 0 amide bonds. The number of hydrogen-bond donors (Lipinski definition) is 1. The third-order valence-electron chi connectivity index (χ3n) is 4.00. The first-order valence-corrected chi connectivity index (χ1v) is 6.76. The van der Waals surface area contributed by atoms with Crippen molar-refractivity contribution in [1.82, 2.24) is 9.78 Å². The second-order valence-corrected chi connectivity index (χ2v) is 5.32. The smallest absolute Gasteiger partial charge is 0.0931 e. The van der Waals surface area contributed by atoms with Gasteiger partial charge in [-0.3, -0.25) is 4.68 Å². The maximum atomic E-state index is 5.64. The SMILES string of the molecule is Cc1cc(C)c(C)c(-c2cc(CCN)n(C)n2)c1C. The van der Waals surface area contributed by atoms with Crippen LogP contribution in [-0.2, 0) is 13.5 Å². The fourth-order valence-corrected chi connectivity index (χ4v) is 2.61. The van der Waals surface area contributed by atoms with Crippen LogP contribution < -0.4 is 5.73 Å². The van der Waals surface area contributed by atoms with Crippen LogP contribution in [-0.4, -0.2) is 16.3 Å². The van der Waals surface area contributed by atoms with Crippen LogP contribution in [0.15, 0.2) is 12.1 Å². The minimum atomic E-state index is 0.657. The summed E-state index contributed by atoms with van der Waals surface area (Å²) in [7, 11) is 1.99. The van der Waals surface area contributed by atoms with Crippen LogP contribution in [0.2, 0.25) is 0 Å². The minimum absolute atomic E-state index is 0.657. The van der Waals surface area contributed by atoms with Gasteiger partial charge in [0, 0.05) is 24.7 Å². The van der Waals surface area contributed by atoms with E-state index in [0.717, 1.165) is 12.1 Å². The normalized spacial score (nSPS) is 11.1. The van der Waals surface area contributed by atoms with Crippen molar-refractivity contribution in [2.45, 2.75) is 34.1 Å². The predicted octanol–water partition coefficient (Wildman–Crippen LogP) is 2.82. The summed E-state index contributed by atoms with van der Waals surface area (Å²) in [4.78, 5) is 0. The molecule has 19 heavy (non-hydrogen) atoms. The van der Waals surface area contributed by atoms with Gasteiger partial charge in [-0.15, -0.1) is 0 Å². The maximum absolute atomic E-state index is 5.64. The van der Waals surface area contributed by atoms with Gasteiger partial charge in [-0.25, -0.2) is 0 Å². The third kappa shape index (κ3) is 2.43. The molecule has 0 saturated heterocycles. The summed E-state index contributed by atoms with van der Waals surface area (Å²) < 4.78 is 1.94. The van der Waals surface area contributed by atoms with Crippen LogP contribution in [0.25, 0.3) is 11.3 Å². The van der Waals surface area contributed by atoms with Gasteiger partial charge in [-0.1, -0.05) is 6.07 Å². The van der Waals surface area contributed by atoms with Gasteiger partial charge in [-0.2, -0.15) is 5.10 Å². The molecule has 0 aliphatic carbocycles. The van der Waals surface area contributed by atoms with Crippen molar-refractivity contribution in [2.24, 2.45) is 12.8 Å². The van der Waals surface area contributed by atoms with E-state index in [2.05, 4.69) is 44.9 Å². The number of hydrogen-bond acceptors (Lipinski definition) is 2. The van der Waals surface area contributed by atoms with Gasteiger partial charge in [0.25, 0.3) is 0 Å². The third-order valence-corrected chi connectivity index (χ3v) is 4.00. The summed E-state index contributed by atoms with van der Waals surface area (Å²) >= 11 is 0. The summed E-state index contributed by atoms with van der Waals surface area (Å²) in [5.74, 6) is 0. The Morgan fingerprint density at radius 2 is 1.63 bits per heavy atom. The quantitative estimate of drug-likeness (QED) is 0.919. The van der Waals surface area contributed by atoms with Gasteiger partial charge >= 0.3 is 0 Å². The lowest BCUT2D eigenvalue weighted by Gasteiger charge is -2.13. The molecule has 0 atom stereocenters. The zero-order valence-electron chi connectivity index (χ0n) is 12.5. The van der Waals surface area contributed by atoms with Crippen molar-refractivity contribution < 1.29 is 0 Å². The molecule has 2 aromatic rings. The number of nitrogens with zero attached hydrogens (tertiary/aromatic N) is 2. The van der Waals surface area contributed by atoms with Crippen LogP contribution in [0.1, 0.15) is 27.9 Å². The van der Waals surface area contributed by atoms with E-state index in [-0.39, 0.29) is 0 Å². The zero-order valence-corrected chi connectivity index (χ0v) is 12.5. The van der Waals surface area contributed by atoms with Crippen molar-refractivity contribution in [3.63, 3.8) is 0 Å². The van der Waals surface area contributed by atoms with E-state index >= 15 is 0 Å². The molecule has 1 aromatic heterocycles. The summed E-state index contributed by atoms with van der Waals surface area (Å²) in [6, 6.07) is 4.42. The molecule has 2 rings (SSSR count). The molecule has 0 bridgehead atoms. The molecule has 2 N–H and O–H groups in total. The summed E-state index contributed by atoms with van der Waals surface area (Å²) in [5.41, 5.74) is 14.5. The van der Waals surface area contributed by atoms with E-state index in [1.54, 1.807) is 0 Å². The molecule has 3 nitrogen and oxygen atoms in total. The number of benzene rings is 1. The molecule has 0 fully saturated rings. The van der Waals surface area contributed by atoms with Crippen molar-refractivity contribution in [3.05, 3.63) is 40.1 Å². The van der Waals surface area contributed by atoms with Gasteiger partial charge in [0.1, 0.15) is 0 Å². The molecule has 0 unspecified atom stereocenters. The Morgan fingerprint density at radius 1 is 1.05 bits per heavy atom. The standard InChI is InChI=1S/C16H23N3/c1-10-8-11(2)13(4)16(12(10)3)15-9-14(6-7-17)19(5)18-15/h8-9H,6-7,17H2,1-5H3. The van der Waals surface area contributed by atoms with Crippen LogP contribution >= 0.6 is 0 Å². The zero-order chi connectivity index (χ0) is 14.2. The van der Waals surface area contributed by atoms with E-state index in [1.807, 2.05) is 11.7 Å². The van der Waals surface area contributed by atoms with Crippen LogP contribution in [0.4, 0.5) is 0 Å². The maximum Gasteiger partial charge on any atom is 0.0931 e. The minimum Gasteiger partial charge on any atom is -0.330 e. The highest BCUT2D eigenvalue weighted by molar-refractivity contribution is 5.70. The largest absolute Gasteiger partial charge is 0.330 e. The van der Waals surface area contributed by atoms with Crippen molar-refractivity contribution in [1.29, 1.82) is 0 Å². The Kier molecular flexibility index (Phi) is 3.76. The van der Waals surface area contributed by atoms with E-state index in [4.69, 9.17) is 5.73 Å². The predicted molar refractivity (Wildman–Crippen MR) is 80.4 cm³/mol. The Morgan fingerprint density at radius 3 is 2.16 bits per heavy atom. The molecular formula is C16H23N3. The number of rotatable bonds is 3. The Balaban J connectivity index is 2.62. The molecule has 3 heteroatoms. The lowest BCUT2D eigenvalue weighted by atomic mass is 9.92. The Hall–Kier alpha value is -1.61. The molecule has 0 spiro atoms. The van der Waals surface area contributed by atoms with Gasteiger partial charge in [0.2, 0.25) is 0 Å². The molecule has 1 heterocycles. The van der Waals surface area contributed by atoms with Crippen molar-refractivity contribution in [3.8, 4) is 11.3 Å². The molecule has 102 valence electrons. The fourth-order valence-electron chi connectivity index (χ4n) is 2.61. The number of aromatic nitrogens is 2. The second kappa shape index (κ2) is 5.17. The summed E-state index contributed by atoms with van der Waals surface area (Å²) in [5, 5.41) is 4.66. The molecular weight excluding hydrogens is 234 g/mol. The van der Waals surface area contributed by atoms with Crippen molar-refractivity contribution >= 4 is 0 Å². The van der Waals surface area contributed by atoms with E-state index in [9.17, 15) is 0 Å². The fraction of sp³-hybridized carbons (Fsp3) is 0.438. The first-order chi connectivity index (χ1) is 8.95. The summed E-state index contributed by atoms with van der Waals surface area (Å²) in [6.07, 6.45) is 0.867. The highest BCUT2D eigenvalue weighted by Gasteiger charge is 2.14. The van der Waals surface area contributed by atoms with Crippen LogP contribution in [0.3, 0.4) is 0 Å². The lowest BCUT2D eigenvalue weighted by Crippen LogP contribution is -2.06. The van der Waals surface area contributed by atoms with E-state index < -0.39 is 0 Å². The highest BCUT2D eigenvalue weighted by atomic mass is 15.3. The first kappa shape index (κ1) is 13.8. The second-order valence-electron chi connectivity index (χ2n) is 5.32. The topological polar surface area (TPSA) is 43.8 Å². The molecule has 0 radical (unpaired) electrons. The van der Waals surface area contributed by atoms with Gasteiger partial charge in [0.05, 0.1) is 5.69 Å². The van der Waals surface area contributed by atoms with Gasteiger partial charge < -0.3 is 5.73 Å². The average molecular weight is 257 g/mol. The highest BCUT2D eigenvalue weighted by Crippen LogP contribution is 2.31. The van der Waals surface area contributed by atoms with Gasteiger partial charge in [0.15, 0.2) is 0 Å². The van der Waals surface area contributed by atoms with Crippen LogP contribution in [0.5, 0.6) is 0 Å². The van der Waals surface area contributed by atoms with E-state index in [1.165, 1.54) is 33.5 Å². The van der Waals surface area contributed by atoms with E-state index in [0.29, 0.717) is 6.54 Å². The Labute approximate surface area is 115 Å². The number of aryl methyl sites for hydroxylation is 3. The molecule has 0 aliphatic rings. The lowest BCUT2D eigenvalue weighted by molar-refractivity contribution is 0.708. The average Bonchev–Trinajstić information content (AvgIpc) is 2.69. The molecule has 0 saturated carbocycles. The van der Waals surface area contributed by atoms with Gasteiger partial charge in [-0.05, 0) is 62.6 Å². The number of nitrogens with two attached hydrogens (primary N) is 1. The Bertz CT molecular complexity index is 583. The van der Waals surface area contributed by atoms with Crippen molar-refractivity contribution in [2.75, 3.05) is 6.54 Å². The molecule has 0 aliphatic heterocycles. The summed E-state index contributed by atoms with van der Waals surface area (Å²) in [6.45, 7) is 9.33. The van der Waals surface area contributed by atoms with Crippen LogP contribution in [0, 0.1) is 27.7 Å².